The fraction of sp³-hybridized carbons (Fsp3) is 0.167. The molecule has 17 heavy (non-hydrogen) atoms. The minimum atomic E-state index is -0.135. The Kier molecular flexibility index (Phi) is 3.28. The van der Waals surface area contributed by atoms with Crippen LogP contribution in [0.4, 0.5) is 5.69 Å². The molecule has 0 aromatic carbocycles. The van der Waals surface area contributed by atoms with Crippen molar-refractivity contribution in [2.45, 2.75) is 6.92 Å². The monoisotopic (exact) mass is 293 g/mol. The highest BCUT2D eigenvalue weighted by Crippen LogP contribution is 2.17. The van der Waals surface area contributed by atoms with Crippen molar-refractivity contribution in [3.8, 4) is 0 Å². The number of nitrogens with zero attached hydrogens (tertiary/aromatic N) is 2. The molecule has 2 aromatic heterocycles. The third-order valence-electron chi connectivity index (χ3n) is 2.48. The Labute approximate surface area is 108 Å². The van der Waals surface area contributed by atoms with Crippen LogP contribution in [0.1, 0.15) is 16.2 Å². The molecular formula is C12H12BrN3O. The largest absolute Gasteiger partial charge is 0.347 e. The van der Waals surface area contributed by atoms with Crippen molar-refractivity contribution < 1.29 is 4.79 Å². The third kappa shape index (κ3) is 2.55. The van der Waals surface area contributed by atoms with Crippen LogP contribution in [-0.2, 0) is 7.05 Å². The van der Waals surface area contributed by atoms with Crippen LogP contribution >= 0.6 is 15.9 Å². The smallest absolute Gasteiger partial charge is 0.272 e. The van der Waals surface area contributed by atoms with E-state index in [9.17, 15) is 4.79 Å². The van der Waals surface area contributed by atoms with Gasteiger partial charge in [-0.25, -0.2) is 4.98 Å². The zero-order valence-electron chi connectivity index (χ0n) is 9.57. The van der Waals surface area contributed by atoms with Gasteiger partial charge in [0.2, 0.25) is 0 Å². The first-order chi connectivity index (χ1) is 8.08. The zero-order chi connectivity index (χ0) is 12.4. The van der Waals surface area contributed by atoms with Gasteiger partial charge in [0.1, 0.15) is 10.3 Å². The van der Waals surface area contributed by atoms with Gasteiger partial charge < -0.3 is 9.88 Å². The molecule has 0 spiro atoms. The summed E-state index contributed by atoms with van der Waals surface area (Å²) < 4.78 is 2.53. The average Bonchev–Trinajstić information content (AvgIpc) is 2.68. The Bertz CT molecular complexity index is 563. The van der Waals surface area contributed by atoms with Crippen molar-refractivity contribution >= 4 is 27.5 Å². The number of pyridine rings is 1. The molecule has 0 saturated heterocycles. The van der Waals surface area contributed by atoms with E-state index in [1.165, 1.54) is 0 Å². The summed E-state index contributed by atoms with van der Waals surface area (Å²) in [4.78, 5) is 16.2. The molecule has 0 aliphatic rings. The maximum atomic E-state index is 12.0. The van der Waals surface area contributed by atoms with E-state index >= 15 is 0 Å². The molecule has 0 aliphatic carbocycles. The van der Waals surface area contributed by atoms with Gasteiger partial charge in [0.25, 0.3) is 5.91 Å². The van der Waals surface area contributed by atoms with E-state index in [0.29, 0.717) is 5.69 Å². The van der Waals surface area contributed by atoms with Crippen LogP contribution in [0.25, 0.3) is 0 Å². The molecule has 0 unspecified atom stereocenters. The minimum Gasteiger partial charge on any atom is -0.347 e. The Morgan fingerprint density at radius 1 is 1.41 bits per heavy atom. The van der Waals surface area contributed by atoms with Crippen molar-refractivity contribution in [1.29, 1.82) is 0 Å². The first kappa shape index (κ1) is 11.9. The Balaban J connectivity index is 2.22. The molecule has 4 nitrogen and oxygen atoms in total. The Hall–Kier alpha value is -1.62. The number of carbonyl (C=O) groups excluding carboxylic acids is 1. The van der Waals surface area contributed by atoms with Crippen molar-refractivity contribution in [3.05, 3.63) is 46.5 Å². The van der Waals surface area contributed by atoms with Gasteiger partial charge >= 0.3 is 0 Å². The van der Waals surface area contributed by atoms with Gasteiger partial charge in [-0.1, -0.05) is 0 Å². The predicted molar refractivity (Wildman–Crippen MR) is 70.0 cm³/mol. The van der Waals surface area contributed by atoms with E-state index in [1.54, 1.807) is 16.7 Å². The van der Waals surface area contributed by atoms with Gasteiger partial charge in [-0.3, -0.25) is 4.79 Å². The summed E-state index contributed by atoms with van der Waals surface area (Å²) in [5, 5.41) is 2.84. The molecule has 0 atom stereocenters. The maximum absolute atomic E-state index is 12.0. The van der Waals surface area contributed by atoms with E-state index in [-0.39, 0.29) is 5.91 Å². The molecule has 5 heteroatoms. The van der Waals surface area contributed by atoms with Gasteiger partial charge in [0.15, 0.2) is 0 Å². The fourth-order valence-corrected chi connectivity index (χ4v) is 1.94. The normalized spacial score (nSPS) is 10.3. The summed E-state index contributed by atoms with van der Waals surface area (Å²) in [5.41, 5.74) is 2.12. The molecule has 2 rings (SSSR count). The second-order valence-electron chi connectivity index (χ2n) is 3.73. The van der Waals surface area contributed by atoms with Crippen LogP contribution < -0.4 is 5.32 Å². The van der Waals surface area contributed by atoms with E-state index in [4.69, 9.17) is 0 Å². The third-order valence-corrected chi connectivity index (χ3v) is 2.92. The van der Waals surface area contributed by atoms with Crippen molar-refractivity contribution in [1.82, 2.24) is 9.55 Å². The molecule has 2 aromatic rings. The number of rotatable bonds is 2. The van der Waals surface area contributed by atoms with E-state index in [1.807, 2.05) is 32.3 Å². The van der Waals surface area contributed by atoms with Crippen LogP contribution in [0.5, 0.6) is 0 Å². The number of carbonyl (C=O) groups is 1. The van der Waals surface area contributed by atoms with Gasteiger partial charge in [0.05, 0.1) is 11.4 Å². The predicted octanol–water partition coefficient (Wildman–Crippen LogP) is 2.74. The molecule has 88 valence electrons. The number of aryl methyl sites for hydroxylation is 2. The second kappa shape index (κ2) is 4.71. The zero-order valence-corrected chi connectivity index (χ0v) is 11.2. The van der Waals surface area contributed by atoms with E-state index in [2.05, 4.69) is 26.2 Å². The lowest BCUT2D eigenvalue weighted by Crippen LogP contribution is -2.16. The average molecular weight is 294 g/mol. The molecule has 0 saturated carbocycles. The summed E-state index contributed by atoms with van der Waals surface area (Å²) in [5.74, 6) is -0.135. The quantitative estimate of drug-likeness (QED) is 0.866. The molecule has 2 heterocycles. The summed E-state index contributed by atoms with van der Waals surface area (Å²) in [6, 6.07) is 7.24. The number of hydrogen-bond donors (Lipinski definition) is 1. The molecule has 1 amide bonds. The number of anilines is 1. The standard InChI is InChI=1S/C12H12BrN3O/c1-8-9(5-6-11(13)14-8)15-12(17)10-4-3-7-16(10)2/h3-7H,1-2H3,(H,15,17). The van der Waals surface area contributed by atoms with Crippen molar-refractivity contribution in [3.63, 3.8) is 0 Å². The lowest BCUT2D eigenvalue weighted by molar-refractivity contribution is 0.101. The number of nitrogens with one attached hydrogen (secondary N) is 1. The van der Waals surface area contributed by atoms with Gasteiger partial charge in [-0.2, -0.15) is 0 Å². The SMILES string of the molecule is Cc1nc(Br)ccc1NC(=O)c1cccn1C. The lowest BCUT2D eigenvalue weighted by atomic mass is 10.3. The van der Waals surface area contributed by atoms with Gasteiger partial charge in [-0.15, -0.1) is 0 Å². The van der Waals surface area contributed by atoms with Gasteiger partial charge in [-0.05, 0) is 47.1 Å². The van der Waals surface area contributed by atoms with Crippen LogP contribution in [-0.4, -0.2) is 15.5 Å². The number of aromatic nitrogens is 2. The van der Waals surface area contributed by atoms with E-state index < -0.39 is 0 Å². The van der Waals surface area contributed by atoms with Crippen molar-refractivity contribution in [2.24, 2.45) is 7.05 Å². The molecule has 1 N–H and O–H groups in total. The summed E-state index contributed by atoms with van der Waals surface area (Å²) >= 11 is 3.28. The summed E-state index contributed by atoms with van der Waals surface area (Å²) in [6.07, 6.45) is 1.83. The topological polar surface area (TPSA) is 46.9 Å². The van der Waals surface area contributed by atoms with Gasteiger partial charge in [0, 0.05) is 13.2 Å². The van der Waals surface area contributed by atoms with Crippen molar-refractivity contribution in [2.75, 3.05) is 5.32 Å². The van der Waals surface area contributed by atoms with E-state index in [0.717, 1.165) is 16.0 Å². The lowest BCUT2D eigenvalue weighted by Gasteiger charge is -2.08. The Morgan fingerprint density at radius 3 is 2.76 bits per heavy atom. The van der Waals surface area contributed by atoms with Crippen LogP contribution in [0.3, 0.4) is 0 Å². The maximum Gasteiger partial charge on any atom is 0.272 e. The minimum absolute atomic E-state index is 0.135. The number of halogens is 1. The Morgan fingerprint density at radius 2 is 2.18 bits per heavy atom. The highest BCUT2D eigenvalue weighted by molar-refractivity contribution is 9.10. The number of hydrogen-bond acceptors (Lipinski definition) is 2. The number of amides is 1. The molecule has 0 fully saturated rings. The first-order valence-corrected chi connectivity index (χ1v) is 5.93. The van der Waals surface area contributed by atoms with Crippen LogP contribution in [0.2, 0.25) is 0 Å². The first-order valence-electron chi connectivity index (χ1n) is 5.14. The molecular weight excluding hydrogens is 282 g/mol. The van der Waals surface area contributed by atoms with Crippen LogP contribution in [0, 0.1) is 6.92 Å². The highest BCUT2D eigenvalue weighted by Gasteiger charge is 2.10. The summed E-state index contributed by atoms with van der Waals surface area (Å²) in [6.45, 7) is 1.85. The molecule has 0 bridgehead atoms. The van der Waals surface area contributed by atoms with Crippen LogP contribution in [0.15, 0.2) is 35.1 Å². The highest BCUT2D eigenvalue weighted by atomic mass is 79.9. The fourth-order valence-electron chi connectivity index (χ4n) is 1.55. The molecule has 0 radical (unpaired) electrons. The molecule has 0 aliphatic heterocycles. The summed E-state index contributed by atoms with van der Waals surface area (Å²) in [7, 11) is 1.83. The second-order valence-corrected chi connectivity index (χ2v) is 4.54.